The number of nitrogens with zero attached hydrogens (tertiary/aromatic N) is 1. The van der Waals surface area contributed by atoms with Crippen LogP contribution in [0.15, 0.2) is 24.3 Å². The number of carbonyl (C=O) groups excluding carboxylic acids is 1. The van der Waals surface area contributed by atoms with Gasteiger partial charge in [0, 0.05) is 17.7 Å². The maximum absolute atomic E-state index is 13.5. The number of carbonyl (C=O) groups is 1. The molecule has 0 spiro atoms. The Hall–Kier alpha value is -2.22. The molecular formula is C20H21ClFN3O3. The van der Waals surface area contributed by atoms with E-state index < -0.39 is 22.7 Å². The lowest BCUT2D eigenvalue weighted by Gasteiger charge is -2.28. The molecule has 0 radical (unpaired) electrons. The number of aromatic nitrogens is 1. The van der Waals surface area contributed by atoms with Crippen LogP contribution in [0, 0.1) is 11.7 Å². The summed E-state index contributed by atoms with van der Waals surface area (Å²) in [6.45, 7) is 1.70. The average Bonchev–Trinajstić information content (AvgIpc) is 3.45. The van der Waals surface area contributed by atoms with Gasteiger partial charge in [-0.25, -0.2) is 9.37 Å². The minimum absolute atomic E-state index is 0.0123. The van der Waals surface area contributed by atoms with E-state index in [-0.39, 0.29) is 24.1 Å². The van der Waals surface area contributed by atoms with E-state index in [4.69, 9.17) is 27.8 Å². The fraction of sp³-hybridized carbons (Fsp3) is 0.400. The Morgan fingerprint density at radius 3 is 2.75 bits per heavy atom. The Balaban J connectivity index is 1.99. The topological polar surface area (TPSA) is 111 Å². The van der Waals surface area contributed by atoms with Gasteiger partial charge in [-0.2, -0.15) is 0 Å². The zero-order valence-corrected chi connectivity index (χ0v) is 16.1. The number of pyridine rings is 1. The van der Waals surface area contributed by atoms with Crippen LogP contribution in [0.5, 0.6) is 5.75 Å². The van der Waals surface area contributed by atoms with Crippen molar-refractivity contribution in [1.82, 2.24) is 4.98 Å². The molecule has 1 aliphatic heterocycles. The predicted molar refractivity (Wildman–Crippen MR) is 102 cm³/mol. The summed E-state index contributed by atoms with van der Waals surface area (Å²) in [7, 11) is 0. The lowest BCUT2D eigenvalue weighted by Crippen LogP contribution is -2.41. The number of amides is 1. The molecule has 6 nitrogen and oxygen atoms in total. The highest BCUT2D eigenvalue weighted by Crippen LogP contribution is 2.50. The first-order chi connectivity index (χ1) is 13.2. The van der Waals surface area contributed by atoms with Crippen molar-refractivity contribution in [3.63, 3.8) is 0 Å². The number of benzene rings is 1. The lowest BCUT2D eigenvalue weighted by atomic mass is 9.81. The van der Waals surface area contributed by atoms with Gasteiger partial charge in [0.15, 0.2) is 0 Å². The summed E-state index contributed by atoms with van der Waals surface area (Å²) in [5.74, 6) is -0.696. The summed E-state index contributed by atoms with van der Waals surface area (Å²) in [6, 6.07) is 5.58. The number of nitrogens with two attached hydrogens (primary N) is 2. The maximum atomic E-state index is 13.5. The minimum atomic E-state index is -1.34. The smallest absolute Gasteiger partial charge is 0.231 e. The van der Waals surface area contributed by atoms with Crippen LogP contribution >= 0.6 is 11.6 Å². The summed E-state index contributed by atoms with van der Waals surface area (Å²) >= 11 is 6.26. The van der Waals surface area contributed by atoms with E-state index in [2.05, 4.69) is 4.98 Å². The molecule has 1 aromatic carbocycles. The molecule has 1 aliphatic carbocycles. The van der Waals surface area contributed by atoms with E-state index in [1.807, 2.05) is 0 Å². The first-order valence-electron chi connectivity index (χ1n) is 9.07. The van der Waals surface area contributed by atoms with Gasteiger partial charge in [-0.15, -0.1) is 0 Å². The maximum Gasteiger partial charge on any atom is 0.231 e. The molecule has 2 aromatic rings. The van der Waals surface area contributed by atoms with Gasteiger partial charge in [-0.05, 0) is 49.9 Å². The van der Waals surface area contributed by atoms with E-state index in [0.717, 1.165) is 12.8 Å². The molecule has 0 saturated heterocycles. The van der Waals surface area contributed by atoms with Crippen molar-refractivity contribution in [1.29, 1.82) is 0 Å². The molecule has 2 heterocycles. The molecule has 1 unspecified atom stereocenters. The van der Waals surface area contributed by atoms with E-state index >= 15 is 0 Å². The van der Waals surface area contributed by atoms with Gasteiger partial charge in [0.2, 0.25) is 5.91 Å². The molecule has 28 heavy (non-hydrogen) atoms. The second kappa shape index (κ2) is 6.40. The van der Waals surface area contributed by atoms with Crippen LogP contribution < -0.4 is 16.2 Å². The number of aliphatic hydroxyl groups is 1. The van der Waals surface area contributed by atoms with E-state index in [1.165, 1.54) is 18.2 Å². The number of hydrogen-bond acceptors (Lipinski definition) is 5. The number of hydrogen-bond donors (Lipinski definition) is 3. The number of fused-ring (bicyclic) bond motifs is 1. The van der Waals surface area contributed by atoms with E-state index in [1.54, 1.807) is 13.0 Å². The SMILES string of the molecule is C[C@]1(C(N)=O)COc2c1cc(C(O)(CN)C1CC1)nc2-c1ccc(F)cc1Cl. The van der Waals surface area contributed by atoms with Crippen LogP contribution in [0.1, 0.15) is 31.0 Å². The monoisotopic (exact) mass is 405 g/mol. The van der Waals surface area contributed by atoms with Gasteiger partial charge in [0.25, 0.3) is 0 Å². The standard InChI is InChI=1S/C20H21ClFN3O3/c1-19(18(24)26)9-28-17-13(19)7-15(20(27,8-23)10-2-3-10)25-16(17)12-5-4-11(22)6-14(12)21/h4-7,10,27H,2-3,8-9,23H2,1H3,(H2,24,26)/t19-,20?/m0/s1. The van der Waals surface area contributed by atoms with Crippen LogP contribution in [0.2, 0.25) is 5.02 Å². The molecule has 148 valence electrons. The zero-order chi connectivity index (χ0) is 20.3. The molecule has 2 aliphatic rings. The molecule has 1 aromatic heterocycles. The van der Waals surface area contributed by atoms with Crippen LogP contribution in [0.25, 0.3) is 11.3 Å². The van der Waals surface area contributed by atoms with E-state index in [0.29, 0.717) is 28.3 Å². The molecule has 1 fully saturated rings. The molecule has 2 atom stereocenters. The van der Waals surface area contributed by atoms with Crippen molar-refractivity contribution in [3.8, 4) is 17.0 Å². The summed E-state index contributed by atoms with van der Waals surface area (Å²) < 4.78 is 19.3. The minimum Gasteiger partial charge on any atom is -0.489 e. The second-order valence-electron chi connectivity index (χ2n) is 7.74. The van der Waals surface area contributed by atoms with Crippen molar-refractivity contribution in [2.75, 3.05) is 13.2 Å². The lowest BCUT2D eigenvalue weighted by molar-refractivity contribution is -0.123. The first kappa shape index (κ1) is 19.1. The normalized spacial score (nSPS) is 23.0. The van der Waals surface area contributed by atoms with Crippen molar-refractivity contribution in [3.05, 3.63) is 46.4 Å². The third-order valence-electron chi connectivity index (χ3n) is 5.81. The fourth-order valence-electron chi connectivity index (χ4n) is 3.71. The first-order valence-corrected chi connectivity index (χ1v) is 9.45. The Kier molecular flexibility index (Phi) is 4.37. The largest absolute Gasteiger partial charge is 0.489 e. The van der Waals surface area contributed by atoms with Gasteiger partial charge >= 0.3 is 0 Å². The molecule has 1 saturated carbocycles. The predicted octanol–water partition coefficient (Wildman–Crippen LogP) is 2.23. The Morgan fingerprint density at radius 1 is 1.46 bits per heavy atom. The fourth-order valence-corrected chi connectivity index (χ4v) is 3.97. The number of halogens is 2. The summed E-state index contributed by atoms with van der Waals surface area (Å²) in [5, 5.41) is 11.4. The van der Waals surface area contributed by atoms with Gasteiger partial charge in [0.1, 0.15) is 34.9 Å². The number of ether oxygens (including phenoxy) is 1. The molecule has 5 N–H and O–H groups in total. The number of rotatable bonds is 5. The molecule has 8 heteroatoms. The molecule has 0 bridgehead atoms. The Labute approximate surface area is 166 Å². The summed E-state index contributed by atoms with van der Waals surface area (Å²) in [4.78, 5) is 16.8. The second-order valence-corrected chi connectivity index (χ2v) is 8.15. The van der Waals surface area contributed by atoms with Crippen molar-refractivity contribution in [2.45, 2.75) is 30.8 Å². The van der Waals surface area contributed by atoms with Gasteiger partial charge in [-0.3, -0.25) is 4.79 Å². The van der Waals surface area contributed by atoms with Gasteiger partial charge in [-0.1, -0.05) is 11.6 Å². The molecule has 4 rings (SSSR count). The molecule has 1 amide bonds. The third kappa shape index (κ3) is 2.77. The van der Waals surface area contributed by atoms with Crippen LogP contribution in [0.3, 0.4) is 0 Å². The van der Waals surface area contributed by atoms with E-state index in [9.17, 15) is 14.3 Å². The zero-order valence-electron chi connectivity index (χ0n) is 15.3. The van der Waals surface area contributed by atoms with Crippen LogP contribution in [-0.4, -0.2) is 29.1 Å². The highest BCUT2D eigenvalue weighted by atomic mass is 35.5. The summed E-state index contributed by atoms with van der Waals surface area (Å²) in [6.07, 6.45) is 1.67. The van der Waals surface area contributed by atoms with Crippen molar-refractivity contribution < 1.29 is 19.0 Å². The highest BCUT2D eigenvalue weighted by molar-refractivity contribution is 6.33. The van der Waals surface area contributed by atoms with Crippen molar-refractivity contribution in [2.24, 2.45) is 17.4 Å². The van der Waals surface area contributed by atoms with Crippen LogP contribution in [0.4, 0.5) is 4.39 Å². The Bertz CT molecular complexity index is 981. The van der Waals surface area contributed by atoms with Gasteiger partial charge in [0.05, 0.1) is 10.7 Å². The molecular weight excluding hydrogens is 385 g/mol. The van der Waals surface area contributed by atoms with Crippen molar-refractivity contribution >= 4 is 17.5 Å². The quantitative estimate of drug-likeness (QED) is 0.706. The number of primary amides is 1. The Morgan fingerprint density at radius 2 is 2.18 bits per heavy atom. The summed E-state index contributed by atoms with van der Waals surface area (Å²) in [5.41, 5.74) is 10.7. The van der Waals surface area contributed by atoms with Crippen LogP contribution in [-0.2, 0) is 15.8 Å². The third-order valence-corrected chi connectivity index (χ3v) is 6.12. The average molecular weight is 406 g/mol. The highest BCUT2D eigenvalue weighted by Gasteiger charge is 2.49. The van der Waals surface area contributed by atoms with Gasteiger partial charge < -0.3 is 21.3 Å².